The fourth-order valence-electron chi connectivity index (χ4n) is 0.284. The van der Waals surface area contributed by atoms with Crippen LogP contribution in [0.5, 0.6) is 0 Å². The summed E-state index contributed by atoms with van der Waals surface area (Å²) in [5.74, 6) is 7.03. The first kappa shape index (κ1) is 9.97. The van der Waals surface area contributed by atoms with Crippen LogP contribution >= 0.6 is 0 Å². The standard InChI is InChI=1S/C3H9N7O2/c4-1(11)2(12)9-10(7)3(5)8-6/h6-7H2,(H2,4,11)(H2,5,8)(H,9,12). The summed E-state index contributed by atoms with van der Waals surface area (Å²) in [6, 6.07) is 0. The van der Waals surface area contributed by atoms with Gasteiger partial charge in [-0.2, -0.15) is 5.12 Å². The number of hydrazone groups is 1. The van der Waals surface area contributed by atoms with Gasteiger partial charge in [0.1, 0.15) is 0 Å². The van der Waals surface area contributed by atoms with Gasteiger partial charge >= 0.3 is 11.8 Å². The minimum absolute atomic E-state index is 0.371. The third-order valence-corrected chi connectivity index (χ3v) is 0.825. The van der Waals surface area contributed by atoms with Gasteiger partial charge in [-0.15, -0.1) is 5.10 Å². The summed E-state index contributed by atoms with van der Waals surface area (Å²) in [4.78, 5) is 20.7. The maximum absolute atomic E-state index is 10.5. The van der Waals surface area contributed by atoms with Crippen LogP contribution < -0.4 is 28.6 Å². The molecule has 9 nitrogen and oxygen atoms in total. The highest BCUT2D eigenvalue weighted by molar-refractivity contribution is 6.34. The lowest BCUT2D eigenvalue weighted by Crippen LogP contribution is -2.56. The molecule has 0 aliphatic heterocycles. The first-order chi connectivity index (χ1) is 5.49. The minimum atomic E-state index is -1.20. The Balaban J connectivity index is 4.10. The summed E-state index contributed by atoms with van der Waals surface area (Å²) in [6.45, 7) is 0. The summed E-state index contributed by atoms with van der Waals surface area (Å²) in [5.41, 5.74) is 11.4. The van der Waals surface area contributed by atoms with E-state index in [0.717, 1.165) is 0 Å². The van der Waals surface area contributed by atoms with E-state index in [9.17, 15) is 9.59 Å². The number of carbonyl (C=O) groups excluding carboxylic acids is 2. The minimum Gasteiger partial charge on any atom is -0.366 e. The number of nitrogens with zero attached hydrogens (tertiary/aromatic N) is 2. The summed E-state index contributed by atoms with van der Waals surface area (Å²) in [5, 5.41) is 3.39. The Labute approximate surface area is 67.3 Å². The third kappa shape index (κ3) is 2.70. The normalized spacial score (nSPS) is 10.6. The summed E-state index contributed by atoms with van der Waals surface area (Å²) < 4.78 is 0. The molecule has 0 aliphatic carbocycles. The molecule has 0 fully saturated rings. The second-order valence-electron chi connectivity index (χ2n) is 1.66. The molecule has 0 aromatic rings. The highest BCUT2D eigenvalue weighted by Gasteiger charge is 2.12. The van der Waals surface area contributed by atoms with Gasteiger partial charge in [0.15, 0.2) is 0 Å². The molecule has 0 unspecified atom stereocenters. The van der Waals surface area contributed by atoms with Crippen molar-refractivity contribution in [2.75, 3.05) is 0 Å². The van der Waals surface area contributed by atoms with Gasteiger partial charge < -0.3 is 17.3 Å². The van der Waals surface area contributed by atoms with E-state index in [1.54, 1.807) is 5.43 Å². The number of rotatable bonds is 0. The molecule has 0 spiro atoms. The molecule has 0 heterocycles. The van der Waals surface area contributed by atoms with Crippen LogP contribution in [-0.2, 0) is 9.59 Å². The van der Waals surface area contributed by atoms with Crippen LogP contribution in [0.3, 0.4) is 0 Å². The number of nitrogens with two attached hydrogens (primary N) is 4. The van der Waals surface area contributed by atoms with Gasteiger partial charge in [-0.1, -0.05) is 0 Å². The lowest BCUT2D eigenvalue weighted by Gasteiger charge is -2.15. The fraction of sp³-hybridized carbons (Fsp3) is 0. The molecule has 12 heavy (non-hydrogen) atoms. The second-order valence-corrected chi connectivity index (χ2v) is 1.66. The number of guanidine groups is 1. The van der Waals surface area contributed by atoms with Crippen molar-refractivity contribution in [3.63, 3.8) is 0 Å². The number of hydrogen-bond donors (Lipinski definition) is 5. The first-order valence-corrected chi connectivity index (χ1v) is 2.67. The van der Waals surface area contributed by atoms with Crippen molar-refractivity contribution in [1.29, 1.82) is 0 Å². The van der Waals surface area contributed by atoms with E-state index in [2.05, 4.69) is 10.8 Å². The highest BCUT2D eigenvalue weighted by Crippen LogP contribution is 1.69. The molecule has 0 bridgehead atoms. The van der Waals surface area contributed by atoms with Gasteiger partial charge in [-0.3, -0.25) is 9.59 Å². The molecular formula is C3H9N7O2. The molecule has 68 valence electrons. The summed E-state index contributed by atoms with van der Waals surface area (Å²) >= 11 is 0. The van der Waals surface area contributed by atoms with E-state index in [-0.39, 0.29) is 5.96 Å². The van der Waals surface area contributed by atoms with E-state index < -0.39 is 11.8 Å². The monoisotopic (exact) mass is 175 g/mol. The SMILES string of the molecule is NN=C(N)N(N)NC(=O)C(N)=O. The lowest BCUT2D eigenvalue weighted by atomic mass is 10.6. The maximum atomic E-state index is 10.5. The Kier molecular flexibility index (Phi) is 3.30. The van der Waals surface area contributed by atoms with E-state index in [1.807, 2.05) is 0 Å². The Morgan fingerprint density at radius 2 is 1.83 bits per heavy atom. The van der Waals surface area contributed by atoms with Gasteiger partial charge in [0.05, 0.1) is 0 Å². The van der Waals surface area contributed by atoms with Crippen molar-refractivity contribution in [1.82, 2.24) is 10.5 Å². The zero-order valence-corrected chi connectivity index (χ0v) is 6.02. The molecule has 0 saturated heterocycles. The molecular weight excluding hydrogens is 166 g/mol. The molecule has 0 atom stereocenters. The van der Waals surface area contributed by atoms with Crippen molar-refractivity contribution >= 4 is 17.8 Å². The molecule has 9 heteroatoms. The van der Waals surface area contributed by atoms with Gasteiger partial charge in [0, 0.05) is 0 Å². The molecule has 9 N–H and O–H groups in total. The Morgan fingerprint density at radius 1 is 1.33 bits per heavy atom. The smallest absolute Gasteiger partial charge is 0.328 e. The Hall–Kier alpha value is -2.03. The third-order valence-electron chi connectivity index (χ3n) is 0.825. The van der Waals surface area contributed by atoms with Crippen LogP contribution in [0.25, 0.3) is 0 Å². The van der Waals surface area contributed by atoms with E-state index in [4.69, 9.17) is 17.4 Å². The van der Waals surface area contributed by atoms with Gasteiger partial charge in [-0.05, 0) is 0 Å². The van der Waals surface area contributed by atoms with Gasteiger partial charge in [0.25, 0.3) is 0 Å². The number of hydrazine groups is 2. The van der Waals surface area contributed by atoms with Crippen molar-refractivity contribution in [3.8, 4) is 0 Å². The topological polar surface area (TPSA) is 166 Å². The van der Waals surface area contributed by atoms with Crippen LogP contribution in [0, 0.1) is 0 Å². The molecule has 0 rings (SSSR count). The van der Waals surface area contributed by atoms with Crippen molar-refractivity contribution in [2.45, 2.75) is 0 Å². The molecule has 0 saturated carbocycles. The first-order valence-electron chi connectivity index (χ1n) is 2.67. The Morgan fingerprint density at radius 3 is 2.17 bits per heavy atom. The largest absolute Gasteiger partial charge is 0.366 e. The zero-order valence-electron chi connectivity index (χ0n) is 6.02. The van der Waals surface area contributed by atoms with E-state index in [0.29, 0.717) is 5.12 Å². The average molecular weight is 175 g/mol. The summed E-state index contributed by atoms with van der Waals surface area (Å²) in [6.07, 6.45) is 0. The van der Waals surface area contributed by atoms with Gasteiger partial charge in [0.2, 0.25) is 5.96 Å². The number of nitrogens with one attached hydrogen (secondary N) is 1. The summed E-state index contributed by atoms with van der Waals surface area (Å²) in [7, 11) is 0. The van der Waals surface area contributed by atoms with Crippen LogP contribution in [-0.4, -0.2) is 22.9 Å². The number of amides is 2. The maximum Gasteiger partial charge on any atom is 0.328 e. The predicted molar refractivity (Wildman–Crippen MR) is 39.2 cm³/mol. The van der Waals surface area contributed by atoms with E-state index in [1.165, 1.54) is 0 Å². The molecule has 0 aliphatic rings. The lowest BCUT2D eigenvalue weighted by molar-refractivity contribution is -0.139. The van der Waals surface area contributed by atoms with Crippen molar-refractivity contribution in [2.24, 2.45) is 28.3 Å². The molecule has 0 radical (unpaired) electrons. The number of primary amides is 1. The van der Waals surface area contributed by atoms with Crippen LogP contribution in [0.4, 0.5) is 0 Å². The van der Waals surface area contributed by atoms with Crippen molar-refractivity contribution < 1.29 is 9.59 Å². The van der Waals surface area contributed by atoms with Crippen LogP contribution in [0.2, 0.25) is 0 Å². The molecule has 0 aromatic carbocycles. The van der Waals surface area contributed by atoms with E-state index >= 15 is 0 Å². The van der Waals surface area contributed by atoms with Crippen LogP contribution in [0.1, 0.15) is 0 Å². The number of carbonyl (C=O) groups is 2. The zero-order chi connectivity index (χ0) is 9.72. The van der Waals surface area contributed by atoms with Crippen LogP contribution in [0.15, 0.2) is 5.10 Å². The highest BCUT2D eigenvalue weighted by atomic mass is 16.2. The Bertz CT molecular complexity index is 223. The molecule has 0 aromatic heterocycles. The quantitative estimate of drug-likeness (QED) is 0.0823. The second kappa shape index (κ2) is 3.98. The average Bonchev–Trinajstić information content (AvgIpc) is 2.02. The predicted octanol–water partition coefficient (Wildman–Crippen LogP) is -4.13. The molecule has 2 amide bonds. The fourth-order valence-corrected chi connectivity index (χ4v) is 0.284. The number of hydrogen-bond acceptors (Lipinski definition) is 5. The van der Waals surface area contributed by atoms with Gasteiger partial charge in [-0.25, -0.2) is 11.3 Å². The van der Waals surface area contributed by atoms with Crippen molar-refractivity contribution in [3.05, 3.63) is 0 Å².